The van der Waals surface area contributed by atoms with E-state index in [2.05, 4.69) is 6.58 Å². The lowest BCUT2D eigenvalue weighted by Crippen LogP contribution is -2.40. The van der Waals surface area contributed by atoms with Gasteiger partial charge in [-0.2, -0.15) is 0 Å². The van der Waals surface area contributed by atoms with Crippen molar-refractivity contribution in [2.24, 2.45) is 0 Å². The molecule has 3 rings (SSSR count). The number of carbonyl (C=O) groups excluding carboxylic acids is 1. The van der Waals surface area contributed by atoms with E-state index in [0.717, 1.165) is 16.7 Å². The summed E-state index contributed by atoms with van der Waals surface area (Å²) in [6.07, 6.45) is 4.25. The molecular weight excluding hydrogens is 264 g/mol. The molecule has 2 N–H and O–H groups in total. The zero-order valence-corrected chi connectivity index (χ0v) is 12.2. The molecule has 0 saturated heterocycles. The number of phenolic OH excluding ortho intramolecular Hbond substituents is 1. The molecule has 0 aliphatic heterocycles. The van der Waals surface area contributed by atoms with Gasteiger partial charge in [0, 0.05) is 5.57 Å². The second-order valence-corrected chi connectivity index (χ2v) is 5.76. The molecule has 3 heteroatoms. The van der Waals surface area contributed by atoms with Crippen molar-refractivity contribution in [2.45, 2.75) is 32.3 Å². The fourth-order valence-corrected chi connectivity index (χ4v) is 3.46. The molecule has 1 aromatic rings. The van der Waals surface area contributed by atoms with E-state index >= 15 is 0 Å². The van der Waals surface area contributed by atoms with Crippen molar-refractivity contribution in [2.75, 3.05) is 0 Å². The highest BCUT2D eigenvalue weighted by Gasteiger charge is 2.43. The normalized spacial score (nSPS) is 24.3. The number of aliphatic hydroxyl groups is 1. The quantitative estimate of drug-likeness (QED) is 0.832. The molecule has 0 bridgehead atoms. The van der Waals surface area contributed by atoms with Crippen LogP contribution in [-0.2, 0) is 11.2 Å². The van der Waals surface area contributed by atoms with Gasteiger partial charge in [-0.1, -0.05) is 18.7 Å². The Morgan fingerprint density at radius 1 is 1.33 bits per heavy atom. The molecule has 0 heterocycles. The third-order valence-corrected chi connectivity index (χ3v) is 4.74. The van der Waals surface area contributed by atoms with Crippen LogP contribution in [-0.4, -0.2) is 21.6 Å². The monoisotopic (exact) mass is 282 g/mol. The Bertz CT molecular complexity index is 737. The second-order valence-electron chi connectivity index (χ2n) is 5.76. The number of hydrogen-bond acceptors (Lipinski definition) is 3. The van der Waals surface area contributed by atoms with E-state index in [1.165, 1.54) is 6.08 Å². The van der Waals surface area contributed by atoms with Gasteiger partial charge in [-0.05, 0) is 66.7 Å². The van der Waals surface area contributed by atoms with Crippen LogP contribution >= 0.6 is 0 Å². The smallest absolute Gasteiger partial charge is 0.182 e. The highest BCUT2D eigenvalue weighted by molar-refractivity contribution is 6.13. The van der Waals surface area contributed by atoms with Gasteiger partial charge in [-0.3, -0.25) is 4.79 Å². The van der Waals surface area contributed by atoms with Gasteiger partial charge < -0.3 is 10.2 Å². The van der Waals surface area contributed by atoms with Crippen LogP contribution in [0.3, 0.4) is 0 Å². The first-order chi connectivity index (χ1) is 9.90. The van der Waals surface area contributed by atoms with E-state index in [-0.39, 0.29) is 11.5 Å². The Morgan fingerprint density at radius 2 is 2.05 bits per heavy atom. The van der Waals surface area contributed by atoms with Crippen LogP contribution in [0.1, 0.15) is 30.0 Å². The van der Waals surface area contributed by atoms with Crippen molar-refractivity contribution in [3.8, 4) is 5.75 Å². The molecular formula is C18H18O3. The standard InChI is InChI=1S/C18H18O3/c1-4-14-11(3)17(20)9-15-13-5-6-16(19)10(2)12(13)7-8-18(14,15)21/h4-6,9,19,21H,1,7-8H2,2-3H3/t18-/m1/s1. The summed E-state index contributed by atoms with van der Waals surface area (Å²) in [6, 6.07) is 3.40. The van der Waals surface area contributed by atoms with Crippen LogP contribution in [0.25, 0.3) is 5.57 Å². The molecule has 0 amide bonds. The minimum atomic E-state index is -1.16. The number of allylic oxidation sites excluding steroid dienone is 2. The highest BCUT2D eigenvalue weighted by atomic mass is 16.3. The molecule has 21 heavy (non-hydrogen) atoms. The average molecular weight is 282 g/mol. The number of fused-ring (bicyclic) bond motifs is 3. The maximum atomic E-state index is 12.2. The van der Waals surface area contributed by atoms with E-state index in [9.17, 15) is 15.0 Å². The molecule has 0 spiro atoms. The Hall–Kier alpha value is -2.13. The predicted octanol–water partition coefficient (Wildman–Crippen LogP) is 2.85. The number of hydrogen-bond donors (Lipinski definition) is 2. The zero-order valence-electron chi connectivity index (χ0n) is 12.2. The van der Waals surface area contributed by atoms with Gasteiger partial charge in [-0.15, -0.1) is 0 Å². The summed E-state index contributed by atoms with van der Waals surface area (Å²) in [5.41, 5.74) is 3.28. The summed E-state index contributed by atoms with van der Waals surface area (Å²) in [6.45, 7) is 7.34. The van der Waals surface area contributed by atoms with Gasteiger partial charge in [0.2, 0.25) is 0 Å². The minimum absolute atomic E-state index is 0.0943. The first-order valence-electron chi connectivity index (χ1n) is 7.04. The number of ketones is 1. The molecule has 0 fully saturated rings. The molecule has 1 aromatic carbocycles. The number of carbonyl (C=O) groups is 1. The summed E-state index contributed by atoms with van der Waals surface area (Å²) >= 11 is 0. The van der Waals surface area contributed by atoms with Crippen molar-refractivity contribution in [3.05, 3.63) is 58.7 Å². The van der Waals surface area contributed by atoms with Crippen molar-refractivity contribution in [1.29, 1.82) is 0 Å². The van der Waals surface area contributed by atoms with Crippen LogP contribution in [0.5, 0.6) is 5.75 Å². The number of benzene rings is 1. The maximum Gasteiger partial charge on any atom is 0.182 e. The summed E-state index contributed by atoms with van der Waals surface area (Å²) in [5.74, 6) is 0.153. The molecule has 2 aliphatic carbocycles. The number of aromatic hydroxyl groups is 1. The molecule has 0 aromatic heterocycles. The van der Waals surface area contributed by atoms with E-state index in [1.807, 2.05) is 6.92 Å². The minimum Gasteiger partial charge on any atom is -0.508 e. The summed E-state index contributed by atoms with van der Waals surface area (Å²) in [5, 5.41) is 21.0. The zero-order chi connectivity index (χ0) is 15.4. The van der Waals surface area contributed by atoms with E-state index in [4.69, 9.17) is 0 Å². The van der Waals surface area contributed by atoms with E-state index < -0.39 is 5.60 Å². The number of rotatable bonds is 1. The van der Waals surface area contributed by atoms with Gasteiger partial charge in [0.05, 0.1) is 0 Å². The van der Waals surface area contributed by atoms with Crippen LogP contribution in [0, 0.1) is 6.92 Å². The van der Waals surface area contributed by atoms with Gasteiger partial charge in [0.15, 0.2) is 5.78 Å². The molecule has 108 valence electrons. The molecule has 3 nitrogen and oxygen atoms in total. The average Bonchev–Trinajstić information content (AvgIpc) is 2.45. The highest BCUT2D eigenvalue weighted by Crippen LogP contribution is 2.48. The SMILES string of the molecule is C=CC1=C(C)C(=O)C=C2c3ccc(O)c(C)c3CC[C@]21O. The fraction of sp³-hybridized carbons (Fsp3) is 0.278. The largest absolute Gasteiger partial charge is 0.508 e. The van der Waals surface area contributed by atoms with Crippen LogP contribution < -0.4 is 0 Å². The predicted molar refractivity (Wildman–Crippen MR) is 82.0 cm³/mol. The summed E-state index contributed by atoms with van der Waals surface area (Å²) in [4.78, 5) is 12.2. The van der Waals surface area contributed by atoms with Gasteiger partial charge in [0.25, 0.3) is 0 Å². The van der Waals surface area contributed by atoms with Crippen molar-refractivity contribution >= 4 is 11.4 Å². The lowest BCUT2D eigenvalue weighted by atomic mass is 9.67. The Balaban J connectivity index is 2.28. The Kier molecular flexibility index (Phi) is 2.92. The summed E-state index contributed by atoms with van der Waals surface area (Å²) < 4.78 is 0. The first-order valence-corrected chi connectivity index (χ1v) is 7.04. The maximum absolute atomic E-state index is 12.2. The molecule has 2 aliphatic rings. The van der Waals surface area contributed by atoms with Crippen LogP contribution in [0.15, 0.2) is 42.0 Å². The Morgan fingerprint density at radius 3 is 2.71 bits per heavy atom. The van der Waals surface area contributed by atoms with Crippen LogP contribution in [0.2, 0.25) is 0 Å². The lowest BCUT2D eigenvalue weighted by molar-refractivity contribution is -0.111. The van der Waals surface area contributed by atoms with Crippen molar-refractivity contribution in [1.82, 2.24) is 0 Å². The van der Waals surface area contributed by atoms with Crippen molar-refractivity contribution in [3.63, 3.8) is 0 Å². The third-order valence-electron chi connectivity index (χ3n) is 4.74. The van der Waals surface area contributed by atoms with Gasteiger partial charge in [0.1, 0.15) is 11.4 Å². The molecule has 0 saturated carbocycles. The summed E-state index contributed by atoms with van der Waals surface area (Å²) in [7, 11) is 0. The Labute approximate surface area is 123 Å². The molecule has 0 unspecified atom stereocenters. The lowest BCUT2D eigenvalue weighted by Gasteiger charge is -2.40. The molecule has 1 atom stereocenters. The van der Waals surface area contributed by atoms with Crippen molar-refractivity contribution < 1.29 is 15.0 Å². The van der Waals surface area contributed by atoms with Gasteiger partial charge in [-0.25, -0.2) is 0 Å². The third kappa shape index (κ3) is 1.74. The number of phenols is 1. The second kappa shape index (κ2) is 4.43. The van der Waals surface area contributed by atoms with Gasteiger partial charge >= 0.3 is 0 Å². The topological polar surface area (TPSA) is 57.5 Å². The fourth-order valence-electron chi connectivity index (χ4n) is 3.46. The van der Waals surface area contributed by atoms with E-state index in [1.54, 1.807) is 25.1 Å². The van der Waals surface area contributed by atoms with E-state index in [0.29, 0.717) is 29.6 Å². The molecule has 0 radical (unpaired) electrons. The first kappa shape index (κ1) is 13.8. The van der Waals surface area contributed by atoms with Crippen LogP contribution in [0.4, 0.5) is 0 Å².